The second kappa shape index (κ2) is 7.35. The van der Waals surface area contributed by atoms with E-state index in [0.717, 1.165) is 5.56 Å². The van der Waals surface area contributed by atoms with Gasteiger partial charge in [0.1, 0.15) is 18.2 Å². The zero-order chi connectivity index (χ0) is 15.1. The lowest BCUT2D eigenvalue weighted by atomic mass is 10.2. The van der Waals surface area contributed by atoms with Gasteiger partial charge in [-0.3, -0.25) is 5.43 Å². The van der Waals surface area contributed by atoms with E-state index in [4.69, 9.17) is 10.5 Å². The minimum absolute atomic E-state index is 0.106. The van der Waals surface area contributed by atoms with Crippen LogP contribution < -0.4 is 15.9 Å². The predicted molar refractivity (Wildman–Crippen MR) is 85.3 cm³/mol. The number of para-hydroxylation sites is 1. The molecule has 0 fully saturated rings. The molecule has 0 amide bonds. The maximum absolute atomic E-state index is 12.8. The Labute approximate surface area is 127 Å². The maximum Gasteiger partial charge on any atom is 0.184 e. The number of hydrazone groups is 1. The number of alkyl halides is 1. The summed E-state index contributed by atoms with van der Waals surface area (Å²) in [6.45, 7) is -0.564. The molecular weight excluding hydrogens is 289 g/mol. The first-order valence-corrected chi connectivity index (χ1v) is 6.60. The van der Waals surface area contributed by atoms with Crippen molar-refractivity contribution in [2.45, 2.75) is 6.67 Å². The third-order valence-electron chi connectivity index (χ3n) is 2.61. The van der Waals surface area contributed by atoms with E-state index in [1.54, 1.807) is 42.6 Å². The van der Waals surface area contributed by atoms with E-state index in [0.29, 0.717) is 17.1 Å². The minimum atomic E-state index is -0.564. The summed E-state index contributed by atoms with van der Waals surface area (Å²) in [5, 5.41) is 3.96. The van der Waals surface area contributed by atoms with Gasteiger partial charge in [0, 0.05) is 5.56 Å². The first-order valence-electron chi connectivity index (χ1n) is 6.19. The van der Waals surface area contributed by atoms with Crippen molar-refractivity contribution in [3.05, 3.63) is 59.7 Å². The second-order valence-corrected chi connectivity index (χ2v) is 4.59. The van der Waals surface area contributed by atoms with Crippen LogP contribution in [-0.4, -0.2) is 11.3 Å². The zero-order valence-corrected chi connectivity index (χ0v) is 11.9. The number of hydrogen-bond acceptors (Lipinski definition) is 3. The number of benzene rings is 2. The lowest BCUT2D eigenvalue weighted by Gasteiger charge is -2.09. The average Bonchev–Trinajstić information content (AvgIpc) is 2.49. The molecule has 0 spiro atoms. The lowest BCUT2D eigenvalue weighted by molar-refractivity contribution is 0.439. The van der Waals surface area contributed by atoms with E-state index in [1.807, 2.05) is 12.1 Å². The zero-order valence-electron chi connectivity index (χ0n) is 11.1. The highest BCUT2D eigenvalue weighted by molar-refractivity contribution is 7.80. The van der Waals surface area contributed by atoms with Crippen molar-refractivity contribution in [1.29, 1.82) is 0 Å². The third-order valence-corrected chi connectivity index (χ3v) is 2.70. The van der Waals surface area contributed by atoms with Crippen LogP contribution in [0.5, 0.6) is 11.5 Å². The Kier molecular flexibility index (Phi) is 5.22. The van der Waals surface area contributed by atoms with Gasteiger partial charge >= 0.3 is 0 Å². The van der Waals surface area contributed by atoms with Gasteiger partial charge in [-0.2, -0.15) is 5.10 Å². The first kappa shape index (κ1) is 14.9. The molecule has 0 aliphatic heterocycles. The molecule has 0 bridgehead atoms. The van der Waals surface area contributed by atoms with Crippen molar-refractivity contribution < 1.29 is 9.13 Å². The Balaban J connectivity index is 2.05. The molecule has 0 atom stereocenters. The summed E-state index contributed by atoms with van der Waals surface area (Å²) in [6.07, 6.45) is 1.58. The number of ether oxygens (including phenoxy) is 1. The number of thiocarbonyl (C=S) groups is 1. The summed E-state index contributed by atoms with van der Waals surface area (Å²) in [5.74, 6) is 1.13. The number of nitrogens with two attached hydrogens (primary N) is 1. The molecule has 0 saturated carbocycles. The Hall–Kier alpha value is -2.47. The van der Waals surface area contributed by atoms with Crippen LogP contribution in [0.3, 0.4) is 0 Å². The van der Waals surface area contributed by atoms with Crippen LogP contribution in [0.2, 0.25) is 0 Å². The van der Waals surface area contributed by atoms with Crippen LogP contribution in [-0.2, 0) is 6.67 Å². The second-order valence-electron chi connectivity index (χ2n) is 4.15. The summed E-state index contributed by atoms with van der Waals surface area (Å²) in [6, 6.07) is 14.2. The molecule has 2 aromatic rings. The highest BCUT2D eigenvalue weighted by Crippen LogP contribution is 2.25. The number of halogens is 1. The maximum atomic E-state index is 12.8. The Bertz CT molecular complexity index is 644. The molecule has 108 valence electrons. The van der Waals surface area contributed by atoms with Crippen LogP contribution in [0.25, 0.3) is 0 Å². The van der Waals surface area contributed by atoms with E-state index in [-0.39, 0.29) is 5.11 Å². The van der Waals surface area contributed by atoms with Gasteiger partial charge in [-0.05, 0) is 48.1 Å². The summed E-state index contributed by atoms with van der Waals surface area (Å²) >= 11 is 4.63. The predicted octanol–water partition coefficient (Wildman–Crippen LogP) is 3.12. The molecular formula is C15H14FN3OS. The van der Waals surface area contributed by atoms with Gasteiger partial charge in [0.15, 0.2) is 5.11 Å². The molecule has 6 heteroatoms. The molecule has 2 rings (SSSR count). The van der Waals surface area contributed by atoms with Crippen LogP contribution in [0.15, 0.2) is 53.6 Å². The summed E-state index contributed by atoms with van der Waals surface area (Å²) in [7, 11) is 0. The standard InChI is InChI=1S/C15H14FN3OS/c16-9-12-3-1-2-4-14(12)20-13-7-5-11(6-8-13)10-18-19-15(17)21/h1-8,10H,9H2,(H3,17,19,21)/b18-10-. The fourth-order valence-electron chi connectivity index (χ4n) is 1.63. The number of hydrogen-bond donors (Lipinski definition) is 2. The van der Waals surface area contributed by atoms with Crippen LogP contribution in [0, 0.1) is 0 Å². The SMILES string of the molecule is NC(=S)N/N=C\c1ccc(Oc2ccccc2CF)cc1. The monoisotopic (exact) mass is 303 g/mol. The van der Waals surface area contributed by atoms with Gasteiger partial charge in [0.05, 0.1) is 6.21 Å². The molecule has 4 nitrogen and oxygen atoms in total. The molecule has 0 heterocycles. The Morgan fingerprint density at radius 3 is 2.62 bits per heavy atom. The van der Waals surface area contributed by atoms with E-state index in [2.05, 4.69) is 22.7 Å². The van der Waals surface area contributed by atoms with Gasteiger partial charge in [-0.25, -0.2) is 4.39 Å². The minimum Gasteiger partial charge on any atom is -0.457 e. The molecule has 2 aromatic carbocycles. The quantitative estimate of drug-likeness (QED) is 0.506. The van der Waals surface area contributed by atoms with E-state index >= 15 is 0 Å². The van der Waals surface area contributed by atoms with Gasteiger partial charge in [-0.15, -0.1) is 0 Å². The lowest BCUT2D eigenvalue weighted by Crippen LogP contribution is -2.23. The van der Waals surface area contributed by atoms with Gasteiger partial charge in [-0.1, -0.05) is 18.2 Å². The van der Waals surface area contributed by atoms with E-state index in [9.17, 15) is 4.39 Å². The molecule has 0 radical (unpaired) electrons. The van der Waals surface area contributed by atoms with Crippen molar-refractivity contribution >= 4 is 23.5 Å². The summed E-state index contributed by atoms with van der Waals surface area (Å²) in [4.78, 5) is 0. The molecule has 0 unspecified atom stereocenters. The molecule has 0 aliphatic rings. The van der Waals surface area contributed by atoms with Gasteiger partial charge in [0.25, 0.3) is 0 Å². The normalized spacial score (nSPS) is 10.5. The van der Waals surface area contributed by atoms with Crippen molar-refractivity contribution in [2.75, 3.05) is 0 Å². The molecule has 3 N–H and O–H groups in total. The van der Waals surface area contributed by atoms with E-state index in [1.165, 1.54) is 0 Å². The fourth-order valence-corrected chi connectivity index (χ4v) is 1.69. The van der Waals surface area contributed by atoms with E-state index < -0.39 is 6.67 Å². The largest absolute Gasteiger partial charge is 0.457 e. The Morgan fingerprint density at radius 2 is 1.95 bits per heavy atom. The summed E-state index contributed by atoms with van der Waals surface area (Å²) < 4.78 is 18.5. The van der Waals surface area contributed by atoms with Crippen molar-refractivity contribution in [3.63, 3.8) is 0 Å². The smallest absolute Gasteiger partial charge is 0.184 e. The fraction of sp³-hybridized carbons (Fsp3) is 0.0667. The molecule has 0 aromatic heterocycles. The molecule has 0 aliphatic carbocycles. The molecule has 0 saturated heterocycles. The highest BCUT2D eigenvalue weighted by atomic mass is 32.1. The van der Waals surface area contributed by atoms with Crippen molar-refractivity contribution in [3.8, 4) is 11.5 Å². The highest BCUT2D eigenvalue weighted by Gasteiger charge is 2.03. The number of nitrogens with one attached hydrogen (secondary N) is 1. The first-order chi connectivity index (χ1) is 10.2. The Morgan fingerprint density at radius 1 is 1.24 bits per heavy atom. The van der Waals surface area contributed by atoms with Gasteiger partial charge < -0.3 is 10.5 Å². The number of nitrogens with zero attached hydrogens (tertiary/aromatic N) is 1. The van der Waals surface area contributed by atoms with Crippen LogP contribution in [0.1, 0.15) is 11.1 Å². The summed E-state index contributed by atoms with van der Waals surface area (Å²) in [5.41, 5.74) is 9.09. The van der Waals surface area contributed by atoms with Crippen molar-refractivity contribution in [1.82, 2.24) is 5.43 Å². The van der Waals surface area contributed by atoms with Crippen LogP contribution >= 0.6 is 12.2 Å². The third kappa shape index (κ3) is 4.54. The topological polar surface area (TPSA) is 59.6 Å². The van der Waals surface area contributed by atoms with Gasteiger partial charge in [0.2, 0.25) is 0 Å². The van der Waals surface area contributed by atoms with Crippen molar-refractivity contribution in [2.24, 2.45) is 10.8 Å². The average molecular weight is 303 g/mol. The van der Waals surface area contributed by atoms with Crippen LogP contribution in [0.4, 0.5) is 4.39 Å². The molecule has 21 heavy (non-hydrogen) atoms. The number of rotatable bonds is 5.